The lowest BCUT2D eigenvalue weighted by Crippen LogP contribution is -2.06. The summed E-state index contributed by atoms with van der Waals surface area (Å²) in [6.45, 7) is 3.08. The van der Waals surface area contributed by atoms with Gasteiger partial charge in [-0.15, -0.1) is 0 Å². The summed E-state index contributed by atoms with van der Waals surface area (Å²) < 4.78 is 35.7. The molecule has 2 aromatic rings. The lowest BCUT2D eigenvalue weighted by atomic mass is 10.2. The number of ether oxygens (including phenoxy) is 2. The SMILES string of the molecule is Cc1cc(S(=O)(=O)c2ccccc2)ccc1OCC1CO1. The van der Waals surface area contributed by atoms with Gasteiger partial charge in [-0.1, -0.05) is 18.2 Å². The highest BCUT2D eigenvalue weighted by Crippen LogP contribution is 2.26. The van der Waals surface area contributed by atoms with Gasteiger partial charge in [0, 0.05) is 0 Å². The first-order valence-electron chi connectivity index (χ1n) is 6.72. The first kappa shape index (κ1) is 14.1. The van der Waals surface area contributed by atoms with E-state index in [-0.39, 0.29) is 11.0 Å². The third-order valence-corrected chi connectivity index (χ3v) is 5.10. The van der Waals surface area contributed by atoms with Crippen LogP contribution in [0.1, 0.15) is 5.56 Å². The normalized spacial score (nSPS) is 17.5. The minimum Gasteiger partial charge on any atom is -0.491 e. The molecule has 21 heavy (non-hydrogen) atoms. The van der Waals surface area contributed by atoms with Crippen LogP contribution in [-0.4, -0.2) is 27.7 Å². The highest BCUT2D eigenvalue weighted by Gasteiger charge is 2.24. The zero-order valence-electron chi connectivity index (χ0n) is 11.7. The van der Waals surface area contributed by atoms with E-state index >= 15 is 0 Å². The molecule has 0 aliphatic carbocycles. The van der Waals surface area contributed by atoms with E-state index in [4.69, 9.17) is 9.47 Å². The molecular weight excluding hydrogens is 288 g/mol. The van der Waals surface area contributed by atoms with Crippen molar-refractivity contribution in [3.8, 4) is 5.75 Å². The van der Waals surface area contributed by atoms with Crippen molar-refractivity contribution in [1.82, 2.24) is 0 Å². The summed E-state index contributed by atoms with van der Waals surface area (Å²) in [6, 6.07) is 13.3. The van der Waals surface area contributed by atoms with Gasteiger partial charge in [0.1, 0.15) is 18.5 Å². The Balaban J connectivity index is 1.87. The smallest absolute Gasteiger partial charge is 0.206 e. The Bertz CT molecular complexity index is 734. The van der Waals surface area contributed by atoms with E-state index in [0.717, 1.165) is 12.2 Å². The summed E-state index contributed by atoms with van der Waals surface area (Å²) in [5.74, 6) is 0.692. The summed E-state index contributed by atoms with van der Waals surface area (Å²) in [5.41, 5.74) is 0.799. The second kappa shape index (κ2) is 5.50. The van der Waals surface area contributed by atoms with Crippen molar-refractivity contribution in [3.63, 3.8) is 0 Å². The van der Waals surface area contributed by atoms with E-state index in [9.17, 15) is 8.42 Å². The molecule has 2 aromatic carbocycles. The number of epoxide rings is 1. The number of aryl methyl sites for hydroxylation is 1. The Labute approximate surface area is 124 Å². The van der Waals surface area contributed by atoms with E-state index in [1.807, 2.05) is 6.92 Å². The van der Waals surface area contributed by atoms with Gasteiger partial charge >= 0.3 is 0 Å². The van der Waals surface area contributed by atoms with Crippen LogP contribution in [0.2, 0.25) is 0 Å². The molecule has 3 rings (SSSR count). The van der Waals surface area contributed by atoms with Crippen LogP contribution >= 0.6 is 0 Å². The van der Waals surface area contributed by atoms with Crippen LogP contribution in [0.25, 0.3) is 0 Å². The Kier molecular flexibility index (Phi) is 3.69. The molecule has 0 radical (unpaired) electrons. The van der Waals surface area contributed by atoms with Crippen LogP contribution < -0.4 is 4.74 Å². The minimum absolute atomic E-state index is 0.178. The Hall–Kier alpha value is -1.85. The van der Waals surface area contributed by atoms with Gasteiger partial charge in [0.05, 0.1) is 16.4 Å². The topological polar surface area (TPSA) is 55.9 Å². The van der Waals surface area contributed by atoms with Crippen molar-refractivity contribution in [1.29, 1.82) is 0 Å². The molecule has 1 aliphatic rings. The average Bonchev–Trinajstić information content (AvgIpc) is 3.31. The Morgan fingerprint density at radius 2 is 1.86 bits per heavy atom. The average molecular weight is 304 g/mol. The third kappa shape index (κ3) is 3.09. The molecule has 0 saturated carbocycles. The van der Waals surface area contributed by atoms with Gasteiger partial charge in [-0.2, -0.15) is 0 Å². The molecular formula is C16H16O4S. The molecule has 0 N–H and O–H groups in total. The van der Waals surface area contributed by atoms with Gasteiger partial charge in [-0.05, 0) is 42.8 Å². The molecule has 5 heteroatoms. The quantitative estimate of drug-likeness (QED) is 0.797. The number of benzene rings is 2. The first-order chi connectivity index (χ1) is 10.1. The van der Waals surface area contributed by atoms with Crippen LogP contribution in [0.3, 0.4) is 0 Å². The molecule has 4 nitrogen and oxygen atoms in total. The zero-order valence-corrected chi connectivity index (χ0v) is 12.5. The van der Waals surface area contributed by atoms with E-state index in [1.54, 1.807) is 48.5 Å². The van der Waals surface area contributed by atoms with Crippen molar-refractivity contribution < 1.29 is 17.9 Å². The van der Waals surface area contributed by atoms with Crippen molar-refractivity contribution in [2.24, 2.45) is 0 Å². The van der Waals surface area contributed by atoms with Crippen molar-refractivity contribution in [2.45, 2.75) is 22.8 Å². The number of hydrogen-bond acceptors (Lipinski definition) is 4. The summed E-state index contributed by atoms with van der Waals surface area (Å²) in [5, 5.41) is 0. The monoisotopic (exact) mass is 304 g/mol. The molecule has 0 aromatic heterocycles. The van der Waals surface area contributed by atoms with Crippen LogP contribution in [-0.2, 0) is 14.6 Å². The Morgan fingerprint density at radius 1 is 1.14 bits per heavy atom. The van der Waals surface area contributed by atoms with Crippen molar-refractivity contribution in [2.75, 3.05) is 13.2 Å². The van der Waals surface area contributed by atoms with Gasteiger partial charge in [0.15, 0.2) is 0 Å². The summed E-state index contributed by atoms with van der Waals surface area (Å²) in [7, 11) is -3.48. The standard InChI is InChI=1S/C16H16O4S/c1-12-9-15(7-8-16(12)20-11-13-10-19-13)21(17,18)14-5-3-2-4-6-14/h2-9,13H,10-11H2,1H3. The summed E-state index contributed by atoms with van der Waals surface area (Å²) in [4.78, 5) is 0.575. The van der Waals surface area contributed by atoms with Crippen LogP contribution in [0.15, 0.2) is 58.3 Å². The maximum Gasteiger partial charge on any atom is 0.206 e. The van der Waals surface area contributed by atoms with E-state index in [2.05, 4.69) is 0 Å². The van der Waals surface area contributed by atoms with Crippen molar-refractivity contribution >= 4 is 9.84 Å². The first-order valence-corrected chi connectivity index (χ1v) is 8.21. The fourth-order valence-electron chi connectivity index (χ4n) is 2.03. The lowest BCUT2D eigenvalue weighted by Gasteiger charge is -2.10. The molecule has 1 saturated heterocycles. The zero-order chi connectivity index (χ0) is 14.9. The van der Waals surface area contributed by atoms with Gasteiger partial charge in [-0.25, -0.2) is 8.42 Å². The van der Waals surface area contributed by atoms with Crippen LogP contribution in [0, 0.1) is 6.92 Å². The predicted molar refractivity (Wildman–Crippen MR) is 78.3 cm³/mol. The predicted octanol–water partition coefficient (Wildman–Crippen LogP) is 2.61. The Morgan fingerprint density at radius 3 is 2.48 bits per heavy atom. The van der Waals surface area contributed by atoms with Gasteiger partial charge in [0.2, 0.25) is 9.84 Å². The number of sulfone groups is 1. The minimum atomic E-state index is -3.48. The molecule has 0 amide bonds. The molecule has 1 heterocycles. The van der Waals surface area contributed by atoms with Gasteiger partial charge in [0.25, 0.3) is 0 Å². The second-order valence-electron chi connectivity index (χ2n) is 5.01. The van der Waals surface area contributed by atoms with E-state index in [1.165, 1.54) is 0 Å². The highest BCUT2D eigenvalue weighted by molar-refractivity contribution is 7.91. The fourth-order valence-corrected chi connectivity index (χ4v) is 3.40. The fraction of sp³-hybridized carbons (Fsp3) is 0.250. The highest BCUT2D eigenvalue weighted by atomic mass is 32.2. The lowest BCUT2D eigenvalue weighted by molar-refractivity contribution is 0.261. The van der Waals surface area contributed by atoms with E-state index < -0.39 is 9.84 Å². The number of rotatable bonds is 5. The second-order valence-corrected chi connectivity index (χ2v) is 6.96. The van der Waals surface area contributed by atoms with Crippen LogP contribution in [0.5, 0.6) is 5.75 Å². The van der Waals surface area contributed by atoms with Crippen molar-refractivity contribution in [3.05, 3.63) is 54.1 Å². The maximum atomic E-state index is 12.5. The molecule has 110 valence electrons. The molecule has 1 aliphatic heterocycles. The molecule has 0 bridgehead atoms. The maximum absolute atomic E-state index is 12.5. The number of hydrogen-bond donors (Lipinski definition) is 0. The van der Waals surface area contributed by atoms with E-state index in [0.29, 0.717) is 17.3 Å². The van der Waals surface area contributed by atoms with Gasteiger partial charge < -0.3 is 9.47 Å². The molecule has 1 unspecified atom stereocenters. The van der Waals surface area contributed by atoms with Crippen LogP contribution in [0.4, 0.5) is 0 Å². The molecule has 1 atom stereocenters. The largest absolute Gasteiger partial charge is 0.491 e. The summed E-state index contributed by atoms with van der Waals surface area (Å²) in [6.07, 6.45) is 0.178. The third-order valence-electron chi connectivity index (χ3n) is 3.34. The summed E-state index contributed by atoms with van der Waals surface area (Å²) >= 11 is 0. The molecule has 0 spiro atoms. The van der Waals surface area contributed by atoms with Gasteiger partial charge in [-0.3, -0.25) is 0 Å². The molecule has 1 fully saturated rings.